The average molecular weight is 891 g/mol. The highest BCUT2D eigenvalue weighted by molar-refractivity contribution is 5.83. The predicted octanol–water partition coefficient (Wildman–Crippen LogP) is 7.26. The van der Waals surface area contributed by atoms with Gasteiger partial charge >= 0.3 is 77.2 Å². The Morgan fingerprint density at radius 3 is 0.678 bits per heavy atom. The molecule has 26 heteroatoms. The number of halogens is 16. The fraction of sp³-hybridized carbons (Fsp3) is 0.485. The van der Waals surface area contributed by atoms with Crippen LogP contribution in [0.2, 0.25) is 0 Å². The lowest BCUT2D eigenvalue weighted by molar-refractivity contribution is -0.465. The maximum absolute atomic E-state index is 15.9. The molecule has 0 heterocycles. The Bertz CT molecular complexity index is 1570. The topological polar surface area (TPSA) is 132 Å². The lowest BCUT2D eigenvalue weighted by Gasteiger charge is -2.48. The maximum atomic E-state index is 15.9. The van der Waals surface area contributed by atoms with E-state index in [1.807, 2.05) is 0 Å². The molecule has 0 N–H and O–H groups in total. The summed E-state index contributed by atoms with van der Waals surface area (Å²) < 4.78 is 266. The van der Waals surface area contributed by atoms with Crippen LogP contribution in [0.5, 0.6) is 0 Å². The molecule has 0 saturated heterocycles. The lowest BCUT2D eigenvalue weighted by atomic mass is 9.73. The van der Waals surface area contributed by atoms with Crippen molar-refractivity contribution in [1.82, 2.24) is 0 Å². The van der Waals surface area contributed by atoms with E-state index in [2.05, 4.69) is 63.2 Å². The first-order valence-electron chi connectivity index (χ1n) is 15.2. The molecule has 0 atom stereocenters. The van der Waals surface area contributed by atoms with Crippen molar-refractivity contribution in [2.24, 2.45) is 10.8 Å². The zero-order valence-corrected chi connectivity index (χ0v) is 29.6. The number of carbonyl (C=O) groups is 5. The molecule has 0 fully saturated rings. The average Bonchev–Trinajstić information content (AvgIpc) is 3.16. The van der Waals surface area contributed by atoms with Crippen molar-refractivity contribution in [2.45, 2.75) is 53.8 Å². The molecule has 334 valence electrons. The van der Waals surface area contributed by atoms with E-state index in [1.54, 1.807) is 0 Å². The van der Waals surface area contributed by atoms with E-state index in [1.165, 1.54) is 0 Å². The Balaban J connectivity index is 8.05. The molecular weight excluding hydrogens is 860 g/mol. The van der Waals surface area contributed by atoms with Crippen LogP contribution in [0.4, 0.5) is 70.2 Å². The van der Waals surface area contributed by atoms with Crippen LogP contribution >= 0.6 is 0 Å². The smallest absolute Gasteiger partial charge is 0.384 e. The monoisotopic (exact) mass is 890 g/mol. The standard InChI is InChI=1S/C33H30F16O10/c1-7-13-24(14-55-19(50)8-2,15-56-20(51)9-3)26(34,35)28(38,39)30(42,43)32(46,47)33(48,49)31(44,45)29(40,41)27(36,37)25(16-57-21(52)10-4,17-58-22(53)11-5)18-59-23(54)12-6/h7-12H,1-6,13-18H2. The Kier molecular flexibility index (Phi) is 17.0. The van der Waals surface area contributed by atoms with Crippen molar-refractivity contribution in [2.75, 3.05) is 33.0 Å². The highest BCUT2D eigenvalue weighted by Gasteiger charge is 2.96. The van der Waals surface area contributed by atoms with Gasteiger partial charge in [-0.1, -0.05) is 39.0 Å². The molecular formula is C33H30F16O10. The minimum atomic E-state index is -9.03. The zero-order chi connectivity index (χ0) is 46.9. The SMILES string of the molecule is C=CCC(COC(=O)C=C)(COC(=O)C=C)C(F)(F)C(F)(F)C(F)(F)C(F)(F)C(F)(F)C(F)(F)C(F)(F)C(F)(F)C(COC(=O)C=C)(COC(=O)C=C)COC(=O)C=C. The van der Waals surface area contributed by atoms with Gasteiger partial charge in [0.05, 0.1) is 0 Å². The second-order valence-electron chi connectivity index (χ2n) is 11.7. The molecule has 0 aromatic rings. The van der Waals surface area contributed by atoms with Gasteiger partial charge in [0.25, 0.3) is 0 Å². The molecule has 0 amide bonds. The van der Waals surface area contributed by atoms with Gasteiger partial charge in [0.2, 0.25) is 0 Å². The molecule has 10 nitrogen and oxygen atoms in total. The summed E-state index contributed by atoms with van der Waals surface area (Å²) in [5.74, 6) is -76.6. The van der Waals surface area contributed by atoms with Gasteiger partial charge in [0, 0.05) is 30.4 Å². The first-order valence-corrected chi connectivity index (χ1v) is 15.2. The predicted molar refractivity (Wildman–Crippen MR) is 165 cm³/mol. The molecule has 0 aromatic heterocycles. The Labute approximate surface area is 321 Å². The van der Waals surface area contributed by atoms with Crippen molar-refractivity contribution in [1.29, 1.82) is 0 Å². The van der Waals surface area contributed by atoms with Gasteiger partial charge in [-0.25, -0.2) is 24.0 Å². The van der Waals surface area contributed by atoms with E-state index >= 15 is 70.2 Å². The molecule has 0 radical (unpaired) electrons. The summed E-state index contributed by atoms with van der Waals surface area (Å²) in [6, 6.07) is 0. The van der Waals surface area contributed by atoms with Crippen molar-refractivity contribution in [3.05, 3.63) is 75.9 Å². The number of hydrogen-bond acceptors (Lipinski definition) is 10. The summed E-state index contributed by atoms with van der Waals surface area (Å²) in [7, 11) is 0. The Hall–Kier alpha value is -5.33. The highest BCUT2D eigenvalue weighted by atomic mass is 19.4. The van der Waals surface area contributed by atoms with Crippen LogP contribution in [0, 0.1) is 10.8 Å². The van der Waals surface area contributed by atoms with Crippen LogP contribution in [0.25, 0.3) is 0 Å². The minimum absolute atomic E-state index is 0.0323. The molecule has 0 aromatic carbocycles. The summed E-state index contributed by atoms with van der Waals surface area (Å²) in [6.45, 7) is 3.67. The van der Waals surface area contributed by atoms with E-state index in [4.69, 9.17) is 0 Å². The summed E-state index contributed by atoms with van der Waals surface area (Å²) >= 11 is 0. The van der Waals surface area contributed by atoms with Gasteiger partial charge in [0.1, 0.15) is 43.9 Å². The number of rotatable bonds is 26. The number of carbonyl (C=O) groups excluding carboxylic acids is 5. The second kappa shape index (κ2) is 18.7. The summed E-state index contributed by atoms with van der Waals surface area (Å²) in [5, 5.41) is 0. The molecule has 59 heavy (non-hydrogen) atoms. The third kappa shape index (κ3) is 9.44. The quantitative estimate of drug-likeness (QED) is 0.0288. The van der Waals surface area contributed by atoms with Crippen LogP contribution in [-0.4, -0.2) is 110 Å². The van der Waals surface area contributed by atoms with E-state index in [-0.39, 0.29) is 36.5 Å². The molecule has 0 aliphatic carbocycles. The molecule has 0 rings (SSSR count). The normalized spacial score (nSPS) is 13.6. The van der Waals surface area contributed by atoms with Crippen LogP contribution < -0.4 is 0 Å². The number of esters is 5. The van der Waals surface area contributed by atoms with Crippen LogP contribution in [0.1, 0.15) is 6.42 Å². The number of ether oxygens (including phenoxy) is 5. The molecule has 0 spiro atoms. The Morgan fingerprint density at radius 1 is 0.322 bits per heavy atom. The van der Waals surface area contributed by atoms with E-state index in [0.717, 1.165) is 0 Å². The Morgan fingerprint density at radius 2 is 0.492 bits per heavy atom. The van der Waals surface area contributed by atoms with Crippen molar-refractivity contribution >= 4 is 29.8 Å². The van der Waals surface area contributed by atoms with Crippen LogP contribution in [0.3, 0.4) is 0 Å². The van der Waals surface area contributed by atoms with Gasteiger partial charge in [0.15, 0.2) is 0 Å². The summed E-state index contributed by atoms with van der Waals surface area (Å²) in [6.07, 6.45) is -1.66. The fourth-order valence-corrected chi connectivity index (χ4v) is 4.33. The van der Waals surface area contributed by atoms with Gasteiger partial charge < -0.3 is 23.7 Å². The zero-order valence-electron chi connectivity index (χ0n) is 29.6. The van der Waals surface area contributed by atoms with Gasteiger partial charge in [-0.2, -0.15) is 70.2 Å². The van der Waals surface area contributed by atoms with Gasteiger partial charge in [-0.3, -0.25) is 0 Å². The first kappa shape index (κ1) is 53.7. The molecule has 0 aliphatic rings. The maximum Gasteiger partial charge on any atom is 0.384 e. The van der Waals surface area contributed by atoms with Crippen molar-refractivity contribution in [3.63, 3.8) is 0 Å². The third-order valence-corrected chi connectivity index (χ3v) is 7.91. The highest BCUT2D eigenvalue weighted by Crippen LogP contribution is 2.67. The van der Waals surface area contributed by atoms with E-state index in [9.17, 15) is 24.0 Å². The molecule has 0 saturated carbocycles. The minimum Gasteiger partial charge on any atom is -0.462 e. The molecule has 0 aliphatic heterocycles. The van der Waals surface area contributed by atoms with Crippen LogP contribution in [-0.2, 0) is 47.7 Å². The third-order valence-electron chi connectivity index (χ3n) is 7.91. The van der Waals surface area contributed by atoms with E-state index < -0.39 is 128 Å². The summed E-state index contributed by atoms with van der Waals surface area (Å²) in [5.41, 5.74) is -9.41. The molecule has 0 bridgehead atoms. The van der Waals surface area contributed by atoms with Gasteiger partial charge in [-0.05, 0) is 6.42 Å². The fourth-order valence-electron chi connectivity index (χ4n) is 4.33. The number of allylic oxidation sites excluding steroid dienone is 1. The van der Waals surface area contributed by atoms with Gasteiger partial charge in [-0.15, -0.1) is 6.58 Å². The van der Waals surface area contributed by atoms with Crippen LogP contribution in [0.15, 0.2) is 75.9 Å². The molecule has 0 unspecified atom stereocenters. The van der Waals surface area contributed by atoms with Crippen molar-refractivity contribution < 1.29 is 118 Å². The lowest BCUT2D eigenvalue weighted by Crippen LogP contribution is -2.77. The first-order chi connectivity index (χ1) is 26.6. The largest absolute Gasteiger partial charge is 0.462 e. The summed E-state index contributed by atoms with van der Waals surface area (Å²) in [4.78, 5) is 58.0. The second-order valence-corrected chi connectivity index (χ2v) is 11.7. The van der Waals surface area contributed by atoms with Crippen molar-refractivity contribution in [3.8, 4) is 0 Å². The number of alkyl halides is 16. The number of hydrogen-bond donors (Lipinski definition) is 0. The van der Waals surface area contributed by atoms with E-state index in [0.29, 0.717) is 0 Å².